The number of hydrogen-bond donors (Lipinski definition) is 1. The first-order valence-corrected chi connectivity index (χ1v) is 9.80. The molecule has 1 aromatic carbocycles. The van der Waals surface area contributed by atoms with E-state index in [0.717, 1.165) is 37.6 Å². The van der Waals surface area contributed by atoms with E-state index in [4.69, 9.17) is 4.52 Å². The summed E-state index contributed by atoms with van der Waals surface area (Å²) in [4.78, 5) is 5.11. The molecule has 1 saturated heterocycles. The molecule has 2 heterocycles. The second-order valence-corrected chi connectivity index (χ2v) is 7.35. The van der Waals surface area contributed by atoms with Crippen LogP contribution in [0.4, 0.5) is 5.69 Å². The van der Waals surface area contributed by atoms with Crippen molar-refractivity contribution in [2.45, 2.75) is 40.2 Å². The summed E-state index contributed by atoms with van der Waals surface area (Å²) in [6.07, 6.45) is 2.46. The molecule has 0 atom stereocenters. The molecule has 1 aromatic heterocycles. The van der Waals surface area contributed by atoms with Gasteiger partial charge in [-0.3, -0.25) is 4.90 Å². The van der Waals surface area contributed by atoms with Crippen LogP contribution in [0.5, 0.6) is 0 Å². The number of anilines is 1. The molecule has 1 fully saturated rings. The van der Waals surface area contributed by atoms with Crippen LogP contribution >= 0.6 is 0 Å². The van der Waals surface area contributed by atoms with Crippen molar-refractivity contribution in [3.05, 3.63) is 46.8 Å². The lowest BCUT2D eigenvalue weighted by atomic mass is 10.2. The van der Waals surface area contributed by atoms with Crippen LogP contribution in [0.3, 0.4) is 0 Å². The van der Waals surface area contributed by atoms with Gasteiger partial charge in [-0.05, 0) is 64.4 Å². The number of aryl methyl sites for hydroxylation is 3. The molecular weight excluding hydrogens is 324 g/mol. The summed E-state index contributed by atoms with van der Waals surface area (Å²) in [5.74, 6) is 0.932. The zero-order valence-corrected chi connectivity index (χ0v) is 16.4. The Labute approximate surface area is 157 Å². The topological polar surface area (TPSA) is 44.5 Å². The molecule has 1 N–H and O–H groups in total. The highest BCUT2D eigenvalue weighted by Gasteiger charge is 2.16. The average molecular weight is 357 g/mol. The number of rotatable bonds is 8. The minimum atomic E-state index is 0.857. The summed E-state index contributed by atoms with van der Waals surface area (Å²) >= 11 is 0. The fraction of sp³-hybridized carbons (Fsp3) is 0.571. The Bertz CT molecular complexity index is 670. The van der Waals surface area contributed by atoms with Gasteiger partial charge in [0.2, 0.25) is 0 Å². The SMILES string of the molecule is Cc1cccc(N2CCN(CCCCNCc3c(C)noc3C)CC2)c1. The molecule has 5 nitrogen and oxygen atoms in total. The van der Waals surface area contributed by atoms with E-state index >= 15 is 0 Å². The van der Waals surface area contributed by atoms with Crippen LogP contribution in [0.15, 0.2) is 28.8 Å². The Morgan fingerprint density at radius 2 is 1.88 bits per heavy atom. The molecule has 3 rings (SSSR count). The van der Waals surface area contributed by atoms with Crippen LogP contribution in [-0.2, 0) is 6.54 Å². The van der Waals surface area contributed by atoms with Gasteiger partial charge in [-0.25, -0.2) is 0 Å². The third-order valence-electron chi connectivity index (χ3n) is 5.30. The maximum Gasteiger partial charge on any atom is 0.138 e. The predicted octanol–water partition coefficient (Wildman–Crippen LogP) is 3.29. The van der Waals surface area contributed by atoms with Crippen molar-refractivity contribution in [2.24, 2.45) is 0 Å². The second-order valence-electron chi connectivity index (χ2n) is 7.35. The van der Waals surface area contributed by atoms with E-state index in [1.54, 1.807) is 0 Å². The molecule has 1 aliphatic heterocycles. The van der Waals surface area contributed by atoms with Gasteiger partial charge in [0.1, 0.15) is 5.76 Å². The highest BCUT2D eigenvalue weighted by molar-refractivity contribution is 5.48. The first-order valence-electron chi connectivity index (χ1n) is 9.80. The van der Waals surface area contributed by atoms with Crippen molar-refractivity contribution in [2.75, 3.05) is 44.2 Å². The summed E-state index contributed by atoms with van der Waals surface area (Å²) in [7, 11) is 0. The molecule has 5 heteroatoms. The molecular formula is C21H32N4O. The molecule has 26 heavy (non-hydrogen) atoms. The number of piperazine rings is 1. The zero-order valence-electron chi connectivity index (χ0n) is 16.4. The van der Waals surface area contributed by atoms with Gasteiger partial charge in [0, 0.05) is 44.0 Å². The zero-order chi connectivity index (χ0) is 18.4. The number of nitrogens with one attached hydrogen (secondary N) is 1. The van der Waals surface area contributed by atoms with Gasteiger partial charge in [-0.1, -0.05) is 17.3 Å². The summed E-state index contributed by atoms with van der Waals surface area (Å²) in [5, 5.41) is 7.51. The number of aromatic nitrogens is 1. The van der Waals surface area contributed by atoms with E-state index in [2.05, 4.69) is 51.5 Å². The van der Waals surface area contributed by atoms with Gasteiger partial charge in [-0.15, -0.1) is 0 Å². The largest absolute Gasteiger partial charge is 0.369 e. The third-order valence-corrected chi connectivity index (χ3v) is 5.30. The van der Waals surface area contributed by atoms with Gasteiger partial charge >= 0.3 is 0 Å². The molecule has 0 aliphatic carbocycles. The quantitative estimate of drug-likeness (QED) is 0.735. The number of hydrogen-bond acceptors (Lipinski definition) is 5. The first kappa shape index (κ1) is 18.9. The van der Waals surface area contributed by atoms with Crippen molar-refractivity contribution >= 4 is 5.69 Å². The smallest absolute Gasteiger partial charge is 0.138 e. The molecule has 142 valence electrons. The maximum atomic E-state index is 5.20. The molecule has 2 aromatic rings. The van der Waals surface area contributed by atoms with Gasteiger partial charge in [0.05, 0.1) is 5.69 Å². The Hall–Kier alpha value is -1.85. The fourth-order valence-electron chi connectivity index (χ4n) is 3.61. The summed E-state index contributed by atoms with van der Waals surface area (Å²) < 4.78 is 5.20. The van der Waals surface area contributed by atoms with E-state index < -0.39 is 0 Å². The third kappa shape index (κ3) is 5.08. The average Bonchev–Trinajstić information content (AvgIpc) is 2.97. The Morgan fingerprint density at radius 3 is 2.58 bits per heavy atom. The lowest BCUT2D eigenvalue weighted by molar-refractivity contribution is 0.252. The van der Waals surface area contributed by atoms with Gasteiger partial charge in [0.15, 0.2) is 0 Å². The molecule has 1 aliphatic rings. The minimum absolute atomic E-state index is 0.857. The normalized spacial score (nSPS) is 15.6. The van der Waals surface area contributed by atoms with Crippen LogP contribution in [0.2, 0.25) is 0 Å². The molecule has 0 amide bonds. The van der Waals surface area contributed by atoms with Crippen LogP contribution < -0.4 is 10.2 Å². The standard InChI is InChI=1S/C21H32N4O/c1-17-7-6-8-20(15-17)25-13-11-24(12-14-25)10-5-4-9-22-16-21-18(2)23-26-19(21)3/h6-8,15,22H,4-5,9-14,16H2,1-3H3. The van der Waals surface area contributed by atoms with E-state index in [0.29, 0.717) is 0 Å². The summed E-state index contributed by atoms with van der Waals surface area (Å²) in [6, 6.07) is 8.85. The van der Waals surface area contributed by atoms with Crippen molar-refractivity contribution in [1.29, 1.82) is 0 Å². The van der Waals surface area contributed by atoms with Crippen molar-refractivity contribution in [3.8, 4) is 0 Å². The van der Waals surface area contributed by atoms with E-state index in [9.17, 15) is 0 Å². The number of benzene rings is 1. The minimum Gasteiger partial charge on any atom is -0.369 e. The molecule has 0 bridgehead atoms. The van der Waals surface area contributed by atoms with Crippen LogP contribution in [-0.4, -0.2) is 49.3 Å². The van der Waals surface area contributed by atoms with E-state index in [-0.39, 0.29) is 0 Å². The van der Waals surface area contributed by atoms with Crippen molar-refractivity contribution in [1.82, 2.24) is 15.4 Å². The molecule has 0 saturated carbocycles. The lowest BCUT2D eigenvalue weighted by Gasteiger charge is -2.36. The summed E-state index contributed by atoms with van der Waals surface area (Å²) in [6.45, 7) is 13.9. The van der Waals surface area contributed by atoms with Gasteiger partial charge < -0.3 is 14.7 Å². The Morgan fingerprint density at radius 1 is 1.08 bits per heavy atom. The van der Waals surface area contributed by atoms with Crippen molar-refractivity contribution < 1.29 is 4.52 Å². The predicted molar refractivity (Wildman–Crippen MR) is 107 cm³/mol. The molecule has 0 spiro atoms. The van der Waals surface area contributed by atoms with E-state index in [1.807, 2.05) is 13.8 Å². The number of unbranched alkanes of at least 4 members (excludes halogenated alkanes) is 1. The van der Waals surface area contributed by atoms with Crippen LogP contribution in [0.25, 0.3) is 0 Å². The first-order chi connectivity index (χ1) is 12.6. The second kappa shape index (κ2) is 9.19. The van der Waals surface area contributed by atoms with Gasteiger partial charge in [-0.2, -0.15) is 0 Å². The van der Waals surface area contributed by atoms with Crippen molar-refractivity contribution in [3.63, 3.8) is 0 Å². The molecule has 0 unspecified atom stereocenters. The van der Waals surface area contributed by atoms with Crippen LogP contribution in [0, 0.1) is 20.8 Å². The number of nitrogens with zero attached hydrogens (tertiary/aromatic N) is 3. The molecule has 0 radical (unpaired) electrons. The van der Waals surface area contributed by atoms with Crippen LogP contribution in [0.1, 0.15) is 35.4 Å². The highest BCUT2D eigenvalue weighted by atomic mass is 16.5. The van der Waals surface area contributed by atoms with Gasteiger partial charge in [0.25, 0.3) is 0 Å². The lowest BCUT2D eigenvalue weighted by Crippen LogP contribution is -2.46. The maximum absolute atomic E-state index is 5.20. The fourth-order valence-corrected chi connectivity index (χ4v) is 3.61. The highest BCUT2D eigenvalue weighted by Crippen LogP contribution is 2.18. The van der Waals surface area contributed by atoms with E-state index in [1.165, 1.54) is 49.3 Å². The monoisotopic (exact) mass is 356 g/mol. The Kier molecular flexibility index (Phi) is 6.69. The summed E-state index contributed by atoms with van der Waals surface area (Å²) in [5.41, 5.74) is 4.92. The Balaban J connectivity index is 1.28.